The minimum absolute atomic E-state index is 0.0740. The van der Waals surface area contributed by atoms with Crippen molar-refractivity contribution >= 4 is 23.5 Å². The maximum atomic E-state index is 11.9. The number of nitrogens with zero attached hydrogens (tertiary/aromatic N) is 2. The minimum Gasteiger partial charge on any atom is -0.477 e. The van der Waals surface area contributed by atoms with Gasteiger partial charge in [-0.15, -0.1) is 0 Å². The molecular formula is C13H19N3O4. The van der Waals surface area contributed by atoms with Gasteiger partial charge in [-0.05, 0) is 12.8 Å². The number of hydrogen-bond acceptors (Lipinski definition) is 4. The molecule has 20 heavy (non-hydrogen) atoms. The number of nitrogens with one attached hydrogen (secondary N) is 1. The van der Waals surface area contributed by atoms with Crippen LogP contribution in [0.1, 0.15) is 44.9 Å². The molecule has 2 amide bonds. The zero-order chi connectivity index (χ0) is 14.5. The van der Waals surface area contributed by atoms with Crippen LogP contribution in [0.2, 0.25) is 0 Å². The molecule has 0 aromatic heterocycles. The first-order chi connectivity index (χ1) is 9.56. The fraction of sp³-hybridized carbons (Fsp3) is 0.692. The lowest BCUT2D eigenvalue weighted by Crippen LogP contribution is -2.44. The van der Waals surface area contributed by atoms with Crippen LogP contribution in [0.3, 0.4) is 0 Å². The van der Waals surface area contributed by atoms with E-state index >= 15 is 0 Å². The Kier molecular flexibility index (Phi) is 4.70. The molecule has 1 saturated carbocycles. The van der Waals surface area contributed by atoms with Crippen molar-refractivity contribution in [1.29, 1.82) is 0 Å². The normalized spacial score (nSPS) is 20.5. The molecule has 1 heterocycles. The van der Waals surface area contributed by atoms with Crippen molar-refractivity contribution in [1.82, 2.24) is 10.3 Å². The molecule has 2 rings (SSSR count). The van der Waals surface area contributed by atoms with Crippen molar-refractivity contribution in [3.05, 3.63) is 0 Å². The van der Waals surface area contributed by atoms with Crippen LogP contribution in [0.5, 0.6) is 0 Å². The molecule has 0 atom stereocenters. The van der Waals surface area contributed by atoms with Crippen molar-refractivity contribution in [2.24, 2.45) is 5.10 Å². The number of carboxylic acids is 1. The zero-order valence-corrected chi connectivity index (χ0v) is 11.3. The van der Waals surface area contributed by atoms with Crippen LogP contribution in [-0.2, 0) is 14.4 Å². The highest BCUT2D eigenvalue weighted by atomic mass is 16.4. The third-order valence-electron chi connectivity index (χ3n) is 3.62. The quantitative estimate of drug-likeness (QED) is 0.783. The van der Waals surface area contributed by atoms with Crippen LogP contribution >= 0.6 is 0 Å². The molecule has 1 aliphatic carbocycles. The number of carbonyl (C=O) groups is 3. The van der Waals surface area contributed by atoms with Crippen molar-refractivity contribution < 1.29 is 19.5 Å². The zero-order valence-electron chi connectivity index (χ0n) is 11.3. The highest BCUT2D eigenvalue weighted by molar-refractivity contribution is 6.36. The number of carbonyl (C=O) groups excluding carboxylic acids is 2. The molecule has 0 spiro atoms. The number of hydrazone groups is 1. The first kappa shape index (κ1) is 14.5. The lowest BCUT2D eigenvalue weighted by molar-refractivity contribution is -0.137. The lowest BCUT2D eigenvalue weighted by Gasteiger charge is -2.25. The standard InChI is InChI=1S/C13H19N3O4/c17-11(14-9-4-2-1-3-5-9)8-16-12(18)7-6-10(15-16)13(19)20/h9H,1-8H2,(H,14,17)(H,19,20). The van der Waals surface area contributed by atoms with Gasteiger partial charge in [-0.3, -0.25) is 9.59 Å². The summed E-state index contributed by atoms with van der Waals surface area (Å²) < 4.78 is 0. The van der Waals surface area contributed by atoms with Gasteiger partial charge in [-0.1, -0.05) is 19.3 Å². The van der Waals surface area contributed by atoms with Gasteiger partial charge >= 0.3 is 5.97 Å². The van der Waals surface area contributed by atoms with E-state index in [1.165, 1.54) is 6.42 Å². The predicted octanol–water partition coefficient (Wildman–Crippen LogP) is 0.498. The molecule has 0 radical (unpaired) electrons. The molecule has 7 heteroatoms. The van der Waals surface area contributed by atoms with Crippen molar-refractivity contribution in [2.45, 2.75) is 51.0 Å². The van der Waals surface area contributed by atoms with E-state index in [0.717, 1.165) is 30.7 Å². The second-order valence-corrected chi connectivity index (χ2v) is 5.21. The van der Waals surface area contributed by atoms with E-state index in [4.69, 9.17) is 5.11 Å². The van der Waals surface area contributed by atoms with Crippen LogP contribution in [0.15, 0.2) is 5.10 Å². The van der Waals surface area contributed by atoms with Crippen LogP contribution in [0, 0.1) is 0 Å². The number of aliphatic carboxylic acids is 1. The number of amides is 2. The third kappa shape index (κ3) is 3.79. The van der Waals surface area contributed by atoms with E-state index in [0.29, 0.717) is 0 Å². The highest BCUT2D eigenvalue weighted by Crippen LogP contribution is 2.17. The molecule has 0 aromatic rings. The van der Waals surface area contributed by atoms with Crippen LogP contribution in [-0.4, -0.2) is 46.2 Å². The molecule has 7 nitrogen and oxygen atoms in total. The molecule has 110 valence electrons. The van der Waals surface area contributed by atoms with Crippen LogP contribution in [0.25, 0.3) is 0 Å². The topological polar surface area (TPSA) is 99.1 Å². The fourth-order valence-corrected chi connectivity index (χ4v) is 2.54. The SMILES string of the molecule is O=C(CN1N=C(C(=O)O)CCC1=O)NC1CCCCC1. The summed E-state index contributed by atoms with van der Waals surface area (Å²) in [5, 5.41) is 16.4. The first-order valence-electron chi connectivity index (χ1n) is 6.97. The first-order valence-corrected chi connectivity index (χ1v) is 6.97. The minimum atomic E-state index is -1.14. The Hall–Kier alpha value is -1.92. The molecular weight excluding hydrogens is 262 g/mol. The largest absolute Gasteiger partial charge is 0.477 e. The van der Waals surface area contributed by atoms with Crippen molar-refractivity contribution in [3.63, 3.8) is 0 Å². The van der Waals surface area contributed by atoms with E-state index in [2.05, 4.69) is 10.4 Å². The molecule has 2 N–H and O–H groups in total. The van der Waals surface area contributed by atoms with Gasteiger partial charge in [0.05, 0.1) is 0 Å². The van der Waals surface area contributed by atoms with Gasteiger partial charge in [0, 0.05) is 18.9 Å². The second-order valence-electron chi connectivity index (χ2n) is 5.21. The van der Waals surface area contributed by atoms with Gasteiger partial charge in [-0.25, -0.2) is 9.80 Å². The van der Waals surface area contributed by atoms with Gasteiger partial charge in [0.25, 0.3) is 0 Å². The fourth-order valence-electron chi connectivity index (χ4n) is 2.54. The summed E-state index contributed by atoms with van der Waals surface area (Å²) in [6.45, 7) is -0.202. The van der Waals surface area contributed by atoms with Crippen LogP contribution in [0.4, 0.5) is 0 Å². The monoisotopic (exact) mass is 281 g/mol. The Labute approximate surface area is 117 Å². The van der Waals surface area contributed by atoms with Gasteiger partial charge in [0.2, 0.25) is 11.8 Å². The average Bonchev–Trinajstić information content (AvgIpc) is 2.42. The van der Waals surface area contributed by atoms with E-state index in [1.807, 2.05) is 0 Å². The lowest BCUT2D eigenvalue weighted by atomic mass is 9.95. The summed E-state index contributed by atoms with van der Waals surface area (Å²) in [6.07, 6.45) is 5.54. The van der Waals surface area contributed by atoms with Crippen LogP contribution < -0.4 is 5.32 Å². The van der Waals surface area contributed by atoms with Crippen molar-refractivity contribution in [3.8, 4) is 0 Å². The van der Waals surface area contributed by atoms with Gasteiger partial charge in [0.15, 0.2) is 0 Å². The predicted molar refractivity (Wildman–Crippen MR) is 71.0 cm³/mol. The van der Waals surface area contributed by atoms with E-state index in [-0.39, 0.29) is 43.0 Å². The van der Waals surface area contributed by atoms with Gasteiger partial charge < -0.3 is 10.4 Å². The highest BCUT2D eigenvalue weighted by Gasteiger charge is 2.26. The number of carboxylic acid groups (broad SMARTS) is 1. The molecule has 1 fully saturated rings. The maximum Gasteiger partial charge on any atom is 0.352 e. The molecule has 1 aliphatic heterocycles. The number of rotatable bonds is 4. The smallest absolute Gasteiger partial charge is 0.352 e. The Morgan fingerprint density at radius 1 is 1.25 bits per heavy atom. The van der Waals surface area contributed by atoms with Crippen molar-refractivity contribution in [2.75, 3.05) is 6.54 Å². The van der Waals surface area contributed by atoms with Gasteiger partial charge in [0.1, 0.15) is 12.3 Å². The Morgan fingerprint density at radius 3 is 2.60 bits per heavy atom. The Bertz CT molecular complexity index is 441. The average molecular weight is 281 g/mol. The summed E-state index contributed by atoms with van der Waals surface area (Å²) in [5.41, 5.74) is -0.0740. The maximum absolute atomic E-state index is 11.9. The molecule has 0 saturated heterocycles. The van der Waals surface area contributed by atoms with E-state index in [9.17, 15) is 14.4 Å². The summed E-state index contributed by atoms with van der Waals surface area (Å²) >= 11 is 0. The summed E-state index contributed by atoms with van der Waals surface area (Å²) in [7, 11) is 0. The summed E-state index contributed by atoms with van der Waals surface area (Å²) in [6, 6.07) is 0.166. The summed E-state index contributed by atoms with van der Waals surface area (Å²) in [5.74, 6) is -1.73. The third-order valence-corrected chi connectivity index (χ3v) is 3.62. The van der Waals surface area contributed by atoms with E-state index < -0.39 is 5.97 Å². The molecule has 2 aliphatic rings. The van der Waals surface area contributed by atoms with E-state index in [1.54, 1.807) is 0 Å². The van der Waals surface area contributed by atoms with Gasteiger partial charge in [-0.2, -0.15) is 5.10 Å². The molecule has 0 bridgehead atoms. The molecule has 0 aromatic carbocycles. The second kappa shape index (κ2) is 6.49. The Morgan fingerprint density at radius 2 is 1.95 bits per heavy atom. The number of hydrogen-bond donors (Lipinski definition) is 2. The Balaban J connectivity index is 1.90. The molecule has 0 unspecified atom stereocenters. The summed E-state index contributed by atoms with van der Waals surface area (Å²) in [4.78, 5) is 34.4.